The average Bonchev–Trinajstić information content (AvgIpc) is 3.53. The van der Waals surface area contributed by atoms with Gasteiger partial charge < -0.3 is 23.5 Å². The van der Waals surface area contributed by atoms with Gasteiger partial charge in [0.15, 0.2) is 5.75 Å². The number of benzene rings is 4. The maximum atomic E-state index is 14.5. The number of fused-ring (bicyclic) bond motifs is 1. The molecule has 6 aromatic rings. The van der Waals surface area contributed by atoms with Crippen molar-refractivity contribution in [2.24, 2.45) is 0 Å². The van der Waals surface area contributed by atoms with E-state index in [-0.39, 0.29) is 17.8 Å². The van der Waals surface area contributed by atoms with E-state index in [0.29, 0.717) is 30.8 Å². The molecule has 256 valence electrons. The Kier molecular flexibility index (Phi) is 11.3. The van der Waals surface area contributed by atoms with Crippen molar-refractivity contribution in [2.45, 2.75) is 33.0 Å². The number of carbonyl (C=O) groups is 1. The highest BCUT2D eigenvalue weighted by atomic mass is 32.1. The van der Waals surface area contributed by atoms with Crippen molar-refractivity contribution in [3.63, 3.8) is 0 Å². The first-order chi connectivity index (χ1) is 24.5. The number of methoxy groups -OCH3 is 2. The molecular weight excluding hydrogens is 649 g/mol. The Balaban J connectivity index is 1.54. The molecule has 50 heavy (non-hydrogen) atoms. The second-order valence-corrected chi connectivity index (χ2v) is 12.8. The van der Waals surface area contributed by atoms with Gasteiger partial charge in [-0.25, -0.2) is 4.79 Å². The maximum absolute atomic E-state index is 14.5. The predicted octanol–water partition coefficient (Wildman–Crippen LogP) is 8.58. The SMILES string of the molecule is CCOC(=O)Oc1cn(Cc2ccccc2OC)c2sc(-c3ccc(OC)cc3)c(CN(CCc3ccccc3)Cc3ccccc3)c2c1=O. The normalized spacial score (nSPS) is 11.1. The van der Waals surface area contributed by atoms with E-state index in [2.05, 4.69) is 41.3 Å². The zero-order chi connectivity index (χ0) is 34.9. The van der Waals surface area contributed by atoms with Gasteiger partial charge in [-0.2, -0.15) is 0 Å². The van der Waals surface area contributed by atoms with Crippen LogP contribution < -0.4 is 19.6 Å². The summed E-state index contributed by atoms with van der Waals surface area (Å²) in [5.41, 5.74) is 4.79. The fourth-order valence-corrected chi connectivity index (χ4v) is 7.34. The van der Waals surface area contributed by atoms with E-state index in [9.17, 15) is 9.59 Å². The topological polar surface area (TPSA) is 79.2 Å². The Morgan fingerprint density at radius 2 is 1.46 bits per heavy atom. The summed E-state index contributed by atoms with van der Waals surface area (Å²) in [4.78, 5) is 31.2. The first-order valence-electron chi connectivity index (χ1n) is 16.6. The Bertz CT molecular complexity index is 2090. The van der Waals surface area contributed by atoms with Gasteiger partial charge in [0.25, 0.3) is 0 Å². The second-order valence-electron chi connectivity index (χ2n) is 11.8. The molecule has 0 fully saturated rings. The fourth-order valence-electron chi connectivity index (χ4n) is 6.05. The third-order valence-corrected chi connectivity index (χ3v) is 9.82. The smallest absolute Gasteiger partial charge is 0.497 e. The highest BCUT2D eigenvalue weighted by molar-refractivity contribution is 7.22. The van der Waals surface area contributed by atoms with E-state index in [0.717, 1.165) is 45.1 Å². The predicted molar refractivity (Wildman–Crippen MR) is 199 cm³/mol. The minimum absolute atomic E-state index is 0.0925. The largest absolute Gasteiger partial charge is 0.514 e. The molecule has 2 aromatic heterocycles. The van der Waals surface area contributed by atoms with Gasteiger partial charge in [0.2, 0.25) is 5.43 Å². The van der Waals surface area contributed by atoms with Gasteiger partial charge in [-0.05, 0) is 65.9 Å². The van der Waals surface area contributed by atoms with Gasteiger partial charge >= 0.3 is 6.16 Å². The molecule has 6 rings (SSSR count). The Morgan fingerprint density at radius 1 is 0.780 bits per heavy atom. The van der Waals surface area contributed by atoms with Gasteiger partial charge in [0.05, 0.1) is 39.0 Å². The molecule has 0 atom stereocenters. The Morgan fingerprint density at radius 3 is 2.14 bits per heavy atom. The molecule has 0 saturated carbocycles. The summed E-state index contributed by atoms with van der Waals surface area (Å²) >= 11 is 1.55. The Labute approximate surface area is 296 Å². The van der Waals surface area contributed by atoms with E-state index < -0.39 is 6.16 Å². The van der Waals surface area contributed by atoms with E-state index in [1.807, 2.05) is 77.4 Å². The van der Waals surface area contributed by atoms with Crippen molar-refractivity contribution in [2.75, 3.05) is 27.4 Å². The molecule has 0 saturated heterocycles. The zero-order valence-electron chi connectivity index (χ0n) is 28.5. The highest BCUT2D eigenvalue weighted by Crippen LogP contribution is 2.40. The minimum atomic E-state index is -0.923. The van der Waals surface area contributed by atoms with Gasteiger partial charge in [-0.15, -0.1) is 11.3 Å². The average molecular weight is 689 g/mol. The van der Waals surface area contributed by atoms with Crippen molar-refractivity contribution in [1.82, 2.24) is 9.47 Å². The van der Waals surface area contributed by atoms with E-state index in [4.69, 9.17) is 18.9 Å². The van der Waals surface area contributed by atoms with Crippen LogP contribution in [0, 0.1) is 0 Å². The first-order valence-corrected chi connectivity index (χ1v) is 17.4. The molecule has 0 spiro atoms. The number of hydrogen-bond acceptors (Lipinski definition) is 8. The molecule has 0 unspecified atom stereocenters. The van der Waals surface area contributed by atoms with Crippen LogP contribution in [0.3, 0.4) is 0 Å². The van der Waals surface area contributed by atoms with Crippen molar-refractivity contribution in [1.29, 1.82) is 0 Å². The van der Waals surface area contributed by atoms with Crippen LogP contribution in [0.15, 0.2) is 120 Å². The fraction of sp³-hybridized carbons (Fsp3) is 0.220. The standard InChI is InChI=1S/C41H40N2O6S/c1-4-48-41(45)49-36-28-43(26-32-17-11-12-18-35(32)47-3)40-37(38(36)44)34(39(50-40)31-19-21-33(46-2)22-20-31)27-42(25-30-15-9-6-10-16-30)24-23-29-13-7-5-8-14-29/h5-22,28H,4,23-27H2,1-3H3. The Hall–Kier alpha value is -5.38. The van der Waals surface area contributed by atoms with E-state index in [1.54, 1.807) is 38.7 Å². The van der Waals surface area contributed by atoms with Gasteiger partial charge in [0.1, 0.15) is 16.3 Å². The summed E-state index contributed by atoms with van der Waals surface area (Å²) in [5, 5.41) is 0.510. The lowest BCUT2D eigenvalue weighted by Gasteiger charge is -2.23. The van der Waals surface area contributed by atoms with E-state index in [1.165, 1.54) is 11.1 Å². The molecular formula is C41H40N2O6S. The number of nitrogens with zero attached hydrogens (tertiary/aromatic N) is 2. The number of rotatable bonds is 14. The molecule has 2 heterocycles. The van der Waals surface area contributed by atoms with Crippen LogP contribution >= 0.6 is 11.3 Å². The number of pyridine rings is 1. The summed E-state index contributed by atoms with van der Waals surface area (Å²) < 4.78 is 23.8. The number of carbonyl (C=O) groups excluding carboxylic acids is 1. The van der Waals surface area contributed by atoms with Crippen molar-refractivity contribution < 1.29 is 23.7 Å². The summed E-state index contributed by atoms with van der Waals surface area (Å²) in [7, 11) is 3.28. The lowest BCUT2D eigenvalue weighted by molar-refractivity contribution is 0.104. The summed E-state index contributed by atoms with van der Waals surface area (Å²) in [6.07, 6.45) is 1.51. The lowest BCUT2D eigenvalue weighted by Crippen LogP contribution is -2.26. The molecule has 0 aliphatic carbocycles. The number of thiophene rings is 1. The summed E-state index contributed by atoms with van der Waals surface area (Å²) in [5.74, 6) is 1.37. The number of aromatic nitrogens is 1. The molecule has 0 aliphatic heterocycles. The number of hydrogen-bond donors (Lipinski definition) is 0. The van der Waals surface area contributed by atoms with E-state index >= 15 is 0 Å². The summed E-state index contributed by atoms with van der Waals surface area (Å²) in [6, 6.07) is 36.4. The molecule has 8 nitrogen and oxygen atoms in total. The second kappa shape index (κ2) is 16.3. The van der Waals surface area contributed by atoms with Crippen LogP contribution in [0.25, 0.3) is 20.7 Å². The first kappa shape index (κ1) is 34.5. The zero-order valence-corrected chi connectivity index (χ0v) is 29.3. The van der Waals surface area contributed by atoms with Gasteiger partial charge in [-0.3, -0.25) is 9.69 Å². The molecule has 0 radical (unpaired) electrons. The monoisotopic (exact) mass is 688 g/mol. The van der Waals surface area contributed by atoms with Crippen LogP contribution in [-0.4, -0.2) is 43.0 Å². The quantitative estimate of drug-likeness (QED) is 0.106. The van der Waals surface area contributed by atoms with Gasteiger partial charge in [-0.1, -0.05) is 78.9 Å². The van der Waals surface area contributed by atoms with Crippen molar-refractivity contribution >= 4 is 27.7 Å². The molecule has 4 aromatic carbocycles. The third-order valence-electron chi connectivity index (χ3n) is 8.50. The minimum Gasteiger partial charge on any atom is -0.497 e. The van der Waals surface area contributed by atoms with Crippen molar-refractivity contribution in [3.8, 4) is 27.7 Å². The number of para-hydroxylation sites is 1. The number of ether oxygens (including phenoxy) is 4. The molecule has 0 amide bonds. The van der Waals surface area contributed by atoms with Crippen LogP contribution in [0.4, 0.5) is 4.79 Å². The lowest BCUT2D eigenvalue weighted by atomic mass is 10.0. The van der Waals surface area contributed by atoms with Crippen LogP contribution in [0.1, 0.15) is 29.2 Å². The van der Waals surface area contributed by atoms with Crippen molar-refractivity contribution in [3.05, 3.63) is 148 Å². The summed E-state index contributed by atoms with van der Waals surface area (Å²) in [6.45, 7) is 4.12. The molecule has 0 N–H and O–H groups in total. The third kappa shape index (κ3) is 8.07. The molecule has 0 aliphatic rings. The van der Waals surface area contributed by atoms with Crippen LogP contribution in [0.2, 0.25) is 0 Å². The van der Waals surface area contributed by atoms with Crippen LogP contribution in [0.5, 0.6) is 17.2 Å². The molecule has 9 heteroatoms. The maximum Gasteiger partial charge on any atom is 0.514 e. The van der Waals surface area contributed by atoms with Crippen LogP contribution in [-0.2, 0) is 30.8 Å². The van der Waals surface area contributed by atoms with Gasteiger partial charge in [0, 0.05) is 30.1 Å². The molecule has 0 bridgehead atoms. The highest BCUT2D eigenvalue weighted by Gasteiger charge is 2.25.